The van der Waals surface area contributed by atoms with E-state index in [4.69, 9.17) is 17.3 Å². The lowest BCUT2D eigenvalue weighted by molar-refractivity contribution is -0.121. The molecule has 1 saturated heterocycles. The third-order valence-electron chi connectivity index (χ3n) is 3.94. The maximum Gasteiger partial charge on any atom is 0.247 e. The van der Waals surface area contributed by atoms with Crippen LogP contribution in [0, 0.1) is 0 Å². The smallest absolute Gasteiger partial charge is 0.247 e. The molecule has 2 N–H and O–H groups in total. The van der Waals surface area contributed by atoms with E-state index in [1.807, 2.05) is 18.2 Å². The van der Waals surface area contributed by atoms with E-state index in [0.717, 1.165) is 17.3 Å². The zero-order valence-electron chi connectivity index (χ0n) is 14.5. The van der Waals surface area contributed by atoms with Crippen molar-refractivity contribution in [2.75, 3.05) is 4.90 Å². The van der Waals surface area contributed by atoms with Crippen molar-refractivity contribution < 1.29 is 9.59 Å². The fourth-order valence-corrected chi connectivity index (χ4v) is 3.52. The quantitative estimate of drug-likeness (QED) is 0.368. The maximum atomic E-state index is 12.6. The van der Waals surface area contributed by atoms with Crippen molar-refractivity contribution in [1.29, 1.82) is 0 Å². The molecule has 0 bridgehead atoms. The number of carbonyl (C=O) groups excluding carboxylic acids is 2. The Morgan fingerprint density at radius 3 is 2.44 bits per heavy atom. The highest BCUT2D eigenvalue weighted by Crippen LogP contribution is 2.29. The van der Waals surface area contributed by atoms with Gasteiger partial charge in [0.1, 0.15) is 5.25 Å². The van der Waals surface area contributed by atoms with Crippen molar-refractivity contribution in [3.63, 3.8) is 0 Å². The summed E-state index contributed by atoms with van der Waals surface area (Å²) in [6, 6.07) is 16.0. The topological polar surface area (TPSA) is 88.1 Å². The van der Waals surface area contributed by atoms with E-state index in [2.05, 4.69) is 10.2 Å². The molecule has 6 nitrogen and oxygen atoms in total. The Balaban J connectivity index is 1.68. The highest BCUT2D eigenvalue weighted by Gasteiger charge is 2.40. The first kappa shape index (κ1) is 19.1. The average Bonchev–Trinajstić information content (AvgIpc) is 2.94. The van der Waals surface area contributed by atoms with Crippen LogP contribution in [-0.2, 0) is 9.59 Å². The van der Waals surface area contributed by atoms with Crippen LogP contribution in [0.25, 0.3) is 0 Å². The van der Waals surface area contributed by atoms with Gasteiger partial charge in [0.15, 0.2) is 5.17 Å². The minimum atomic E-state index is -0.604. The minimum absolute atomic E-state index is 0.0779. The van der Waals surface area contributed by atoms with Gasteiger partial charge in [-0.2, -0.15) is 5.10 Å². The normalized spacial score (nSPS) is 18.3. The largest absolute Gasteiger partial charge is 0.377 e. The van der Waals surface area contributed by atoms with Crippen molar-refractivity contribution in [3.05, 3.63) is 65.2 Å². The second-order valence-electron chi connectivity index (χ2n) is 5.84. The molecule has 0 aromatic heterocycles. The Bertz CT molecular complexity index is 913. The Hall–Kier alpha value is -2.64. The molecule has 27 heavy (non-hydrogen) atoms. The Labute approximate surface area is 166 Å². The van der Waals surface area contributed by atoms with Crippen molar-refractivity contribution >= 4 is 51.7 Å². The van der Waals surface area contributed by atoms with E-state index in [-0.39, 0.29) is 23.4 Å². The lowest BCUT2D eigenvalue weighted by Crippen LogP contribution is -2.31. The number of benzene rings is 2. The summed E-state index contributed by atoms with van der Waals surface area (Å²) in [6.45, 7) is 1.80. The zero-order chi connectivity index (χ0) is 19.4. The van der Waals surface area contributed by atoms with Gasteiger partial charge in [0, 0.05) is 11.4 Å². The molecule has 3 rings (SSSR count). The number of nitrogens with two attached hydrogens (primary N) is 1. The number of anilines is 1. The predicted octanol–water partition coefficient (Wildman–Crippen LogP) is 3.44. The van der Waals surface area contributed by atoms with E-state index in [9.17, 15) is 9.59 Å². The second kappa shape index (κ2) is 8.37. The molecule has 0 unspecified atom stereocenters. The van der Waals surface area contributed by atoms with Gasteiger partial charge in [0.05, 0.1) is 11.4 Å². The molecule has 0 radical (unpaired) electrons. The summed E-state index contributed by atoms with van der Waals surface area (Å²) >= 11 is 6.91. The Morgan fingerprint density at radius 1 is 1.11 bits per heavy atom. The summed E-state index contributed by atoms with van der Waals surface area (Å²) in [5.41, 5.74) is 7.98. The molecule has 1 aliphatic rings. The van der Waals surface area contributed by atoms with Crippen LogP contribution in [0.15, 0.2) is 64.8 Å². The van der Waals surface area contributed by atoms with Gasteiger partial charge in [-0.05, 0) is 36.8 Å². The van der Waals surface area contributed by atoms with Crippen LogP contribution in [0.2, 0.25) is 5.02 Å². The lowest BCUT2D eigenvalue weighted by Gasteiger charge is -2.14. The molecule has 2 aromatic rings. The zero-order valence-corrected chi connectivity index (χ0v) is 16.1. The van der Waals surface area contributed by atoms with E-state index in [1.165, 1.54) is 4.90 Å². The van der Waals surface area contributed by atoms with Crippen molar-refractivity contribution in [2.24, 2.45) is 15.9 Å². The first-order valence-electron chi connectivity index (χ1n) is 8.18. The predicted molar refractivity (Wildman–Crippen MR) is 110 cm³/mol. The number of amides is 2. The molecule has 8 heteroatoms. The number of rotatable bonds is 4. The third-order valence-corrected chi connectivity index (χ3v) is 5.17. The molecule has 0 spiro atoms. The number of thioether (sulfide) groups is 1. The molecule has 0 aliphatic carbocycles. The van der Waals surface area contributed by atoms with Crippen LogP contribution in [-0.4, -0.2) is 27.9 Å². The minimum Gasteiger partial charge on any atom is -0.377 e. The van der Waals surface area contributed by atoms with E-state index in [1.54, 1.807) is 43.3 Å². The monoisotopic (exact) mass is 400 g/mol. The standard InChI is InChI=1S/C19H17ClN4O2S/c1-12(13-7-9-14(20)10-8-13)22-23-19(21)27-16-11-17(25)24(18(16)26)15-5-3-2-4-6-15/h2-10,16H,11H2,1H3,(H2,21,23)/b22-12-/t16-/m0/s1. The summed E-state index contributed by atoms with van der Waals surface area (Å²) in [7, 11) is 0. The van der Waals surface area contributed by atoms with Crippen LogP contribution in [0.5, 0.6) is 0 Å². The molecule has 138 valence electrons. The van der Waals surface area contributed by atoms with E-state index < -0.39 is 5.25 Å². The van der Waals surface area contributed by atoms with Crippen LogP contribution in [0.4, 0.5) is 5.69 Å². The van der Waals surface area contributed by atoms with E-state index >= 15 is 0 Å². The van der Waals surface area contributed by atoms with Crippen LogP contribution >= 0.6 is 23.4 Å². The number of nitrogens with zero attached hydrogens (tertiary/aromatic N) is 3. The molecule has 1 aliphatic heterocycles. The summed E-state index contributed by atoms with van der Waals surface area (Å²) < 4.78 is 0. The number of hydrogen-bond acceptors (Lipinski definition) is 5. The van der Waals surface area contributed by atoms with Gasteiger partial charge in [-0.15, -0.1) is 5.10 Å². The molecule has 2 aromatic carbocycles. The van der Waals surface area contributed by atoms with Gasteiger partial charge < -0.3 is 5.73 Å². The fraction of sp³-hybridized carbons (Fsp3) is 0.158. The number of imide groups is 1. The summed E-state index contributed by atoms with van der Waals surface area (Å²) in [6.07, 6.45) is 0.0779. The highest BCUT2D eigenvalue weighted by molar-refractivity contribution is 8.14. The molecule has 1 atom stereocenters. The van der Waals surface area contributed by atoms with Gasteiger partial charge in [-0.1, -0.05) is 53.7 Å². The average molecular weight is 401 g/mol. The number of carbonyl (C=O) groups is 2. The van der Waals surface area contributed by atoms with Crippen molar-refractivity contribution in [3.8, 4) is 0 Å². The Morgan fingerprint density at radius 2 is 1.78 bits per heavy atom. The number of amidine groups is 1. The summed E-state index contributed by atoms with van der Waals surface area (Å²) in [5.74, 6) is -0.551. The molecule has 2 amide bonds. The molecular formula is C19H17ClN4O2S. The van der Waals surface area contributed by atoms with Gasteiger partial charge in [0.25, 0.3) is 0 Å². The SMILES string of the molecule is C/C(=N/N=C(N)S[C@H]1CC(=O)N(c2ccccc2)C1=O)c1ccc(Cl)cc1. The van der Waals surface area contributed by atoms with Crippen molar-refractivity contribution in [1.82, 2.24) is 0 Å². The van der Waals surface area contributed by atoms with Crippen LogP contribution < -0.4 is 10.6 Å². The van der Waals surface area contributed by atoms with Crippen LogP contribution in [0.1, 0.15) is 18.9 Å². The van der Waals surface area contributed by atoms with Gasteiger partial charge in [-0.3, -0.25) is 9.59 Å². The number of hydrogen-bond donors (Lipinski definition) is 1. The van der Waals surface area contributed by atoms with E-state index in [0.29, 0.717) is 16.4 Å². The van der Waals surface area contributed by atoms with Crippen molar-refractivity contribution in [2.45, 2.75) is 18.6 Å². The molecule has 0 saturated carbocycles. The van der Waals surface area contributed by atoms with Gasteiger partial charge >= 0.3 is 0 Å². The Kier molecular flexibility index (Phi) is 5.93. The molecular weight excluding hydrogens is 384 g/mol. The summed E-state index contributed by atoms with van der Waals surface area (Å²) in [5, 5.41) is 8.23. The molecule has 1 heterocycles. The molecule has 1 fully saturated rings. The lowest BCUT2D eigenvalue weighted by atomic mass is 10.1. The van der Waals surface area contributed by atoms with Crippen LogP contribution in [0.3, 0.4) is 0 Å². The number of halogens is 1. The number of para-hydroxylation sites is 1. The third kappa shape index (κ3) is 4.56. The summed E-state index contributed by atoms with van der Waals surface area (Å²) in [4.78, 5) is 26.0. The highest BCUT2D eigenvalue weighted by atomic mass is 35.5. The first-order chi connectivity index (χ1) is 13.0. The second-order valence-corrected chi connectivity index (χ2v) is 7.50. The van der Waals surface area contributed by atoms with Gasteiger partial charge in [-0.25, -0.2) is 4.90 Å². The maximum absolute atomic E-state index is 12.6. The van der Waals surface area contributed by atoms with Gasteiger partial charge in [0.2, 0.25) is 11.8 Å². The first-order valence-corrected chi connectivity index (χ1v) is 9.43. The fourth-order valence-electron chi connectivity index (χ4n) is 2.59.